The van der Waals surface area contributed by atoms with Crippen LogP contribution in [0.4, 0.5) is 32.9 Å². The van der Waals surface area contributed by atoms with Gasteiger partial charge >= 0.3 is 12.7 Å². The lowest BCUT2D eigenvalue weighted by atomic mass is 9.96. The van der Waals surface area contributed by atoms with Gasteiger partial charge in [-0.2, -0.15) is 22.0 Å². The number of imidazole rings is 1. The van der Waals surface area contributed by atoms with Crippen molar-refractivity contribution in [3.63, 3.8) is 0 Å². The Morgan fingerprint density at radius 3 is 2.55 bits per heavy atom. The van der Waals surface area contributed by atoms with Crippen LogP contribution in [-0.2, 0) is 11.0 Å². The Bertz CT molecular complexity index is 1120. The number of aryl methyl sites for hydroxylation is 1. The van der Waals surface area contributed by atoms with Gasteiger partial charge in [0, 0.05) is 37.6 Å². The number of halogens is 5. The van der Waals surface area contributed by atoms with Crippen LogP contribution >= 0.6 is 11.3 Å². The number of anilines is 2. The van der Waals surface area contributed by atoms with Crippen molar-refractivity contribution in [2.75, 3.05) is 23.3 Å². The summed E-state index contributed by atoms with van der Waals surface area (Å²) >= 11 is 1.07. The first-order valence-corrected chi connectivity index (χ1v) is 10.8. The summed E-state index contributed by atoms with van der Waals surface area (Å²) in [7, 11) is 0. The maximum Gasteiger partial charge on any atom is 0.417 e. The second-order valence-electron chi connectivity index (χ2n) is 7.52. The molecule has 3 aromatic heterocycles. The molecule has 0 radical (unpaired) electrons. The third-order valence-corrected chi connectivity index (χ3v) is 6.44. The zero-order chi connectivity index (χ0) is 23.8. The lowest BCUT2D eigenvalue weighted by molar-refractivity contribution is -0.137. The molecule has 0 aliphatic carbocycles. The Morgan fingerprint density at radius 1 is 1.21 bits per heavy atom. The number of pyridine rings is 1. The summed E-state index contributed by atoms with van der Waals surface area (Å²) in [4.78, 5) is 27.1. The summed E-state index contributed by atoms with van der Waals surface area (Å²) in [5, 5.41) is 3.04. The number of hydrogen-bond acceptors (Lipinski definition) is 6. The minimum absolute atomic E-state index is 0.0813. The lowest BCUT2D eigenvalue weighted by Gasteiger charge is -2.32. The molecule has 0 saturated carbocycles. The average molecular weight is 486 g/mol. The van der Waals surface area contributed by atoms with E-state index in [0.717, 1.165) is 28.2 Å². The number of piperidine rings is 1. The third kappa shape index (κ3) is 4.97. The molecule has 3 aromatic rings. The van der Waals surface area contributed by atoms with Gasteiger partial charge in [0.1, 0.15) is 5.82 Å². The van der Waals surface area contributed by atoms with E-state index >= 15 is 0 Å². The molecular weight excluding hydrogens is 467 g/mol. The fourth-order valence-corrected chi connectivity index (χ4v) is 4.59. The predicted molar refractivity (Wildman–Crippen MR) is 112 cm³/mol. The van der Waals surface area contributed by atoms with E-state index in [1.807, 2.05) is 4.90 Å². The first-order chi connectivity index (χ1) is 15.6. The van der Waals surface area contributed by atoms with Gasteiger partial charge in [-0.25, -0.2) is 15.0 Å². The quantitative estimate of drug-likeness (QED) is 0.515. The van der Waals surface area contributed by atoms with Gasteiger partial charge < -0.3 is 10.2 Å². The van der Waals surface area contributed by atoms with Crippen LogP contribution in [0.15, 0.2) is 30.7 Å². The summed E-state index contributed by atoms with van der Waals surface area (Å²) in [5.41, 5.74) is -0.332. The SMILES string of the molecule is Cc1nc(NC(=O)C2CCN(c3ccc(C(F)(F)F)cn3)CC2)sc1-c1nccn1C(F)F. The Hall–Kier alpha value is -3.09. The number of rotatable bonds is 5. The van der Waals surface area contributed by atoms with E-state index in [0.29, 0.717) is 47.5 Å². The molecule has 0 unspecified atom stereocenters. The fraction of sp³-hybridized carbons (Fsp3) is 0.400. The monoisotopic (exact) mass is 486 g/mol. The standard InChI is InChI=1S/C20H19F5N6OS/c1-11-15(16-26-6-9-31(16)18(21)22)33-19(28-11)29-17(32)12-4-7-30(8-5-12)14-3-2-13(10-27-14)20(23,24)25/h2-3,6,9-10,12,18H,4-5,7-8H2,1H3,(H,28,29,32). The number of aromatic nitrogens is 4. The lowest BCUT2D eigenvalue weighted by Crippen LogP contribution is -2.38. The molecule has 1 aliphatic heterocycles. The van der Waals surface area contributed by atoms with Crippen molar-refractivity contribution < 1.29 is 26.7 Å². The van der Waals surface area contributed by atoms with Crippen LogP contribution in [-0.4, -0.2) is 38.5 Å². The van der Waals surface area contributed by atoms with Crippen molar-refractivity contribution in [3.05, 3.63) is 42.0 Å². The molecule has 1 aliphatic rings. The van der Waals surface area contributed by atoms with E-state index in [1.165, 1.54) is 18.5 Å². The number of amides is 1. The first-order valence-electron chi connectivity index (χ1n) is 10.0. The van der Waals surface area contributed by atoms with Crippen LogP contribution < -0.4 is 10.2 Å². The van der Waals surface area contributed by atoms with Gasteiger partial charge in [-0.1, -0.05) is 11.3 Å². The molecular formula is C20H19F5N6OS. The zero-order valence-electron chi connectivity index (χ0n) is 17.3. The van der Waals surface area contributed by atoms with Crippen LogP contribution in [0.5, 0.6) is 0 Å². The summed E-state index contributed by atoms with van der Waals surface area (Å²) in [6.45, 7) is -0.164. The Labute approximate surface area is 189 Å². The van der Waals surface area contributed by atoms with Gasteiger partial charge in [-0.05, 0) is 31.9 Å². The second-order valence-corrected chi connectivity index (χ2v) is 8.52. The molecule has 0 aromatic carbocycles. The van der Waals surface area contributed by atoms with Crippen molar-refractivity contribution in [1.29, 1.82) is 0 Å². The van der Waals surface area contributed by atoms with Crippen LogP contribution in [0.3, 0.4) is 0 Å². The number of nitrogens with zero attached hydrogens (tertiary/aromatic N) is 5. The minimum Gasteiger partial charge on any atom is -0.357 e. The molecule has 4 rings (SSSR count). The highest BCUT2D eigenvalue weighted by molar-refractivity contribution is 7.19. The summed E-state index contributed by atoms with van der Waals surface area (Å²) in [6.07, 6.45) is -0.211. The van der Waals surface area contributed by atoms with Crippen LogP contribution in [0, 0.1) is 12.8 Å². The number of thiazole rings is 1. The number of nitrogens with one attached hydrogen (secondary N) is 1. The van der Waals surface area contributed by atoms with Gasteiger partial charge in [0.2, 0.25) is 5.91 Å². The van der Waals surface area contributed by atoms with Gasteiger partial charge in [0.15, 0.2) is 11.0 Å². The second kappa shape index (κ2) is 9.04. The topological polar surface area (TPSA) is 75.9 Å². The van der Waals surface area contributed by atoms with E-state index in [4.69, 9.17) is 0 Å². The molecule has 7 nitrogen and oxygen atoms in total. The maximum absolute atomic E-state index is 13.1. The zero-order valence-corrected chi connectivity index (χ0v) is 18.1. The Morgan fingerprint density at radius 2 is 1.94 bits per heavy atom. The predicted octanol–water partition coefficient (Wildman–Crippen LogP) is 4.98. The van der Waals surface area contributed by atoms with Crippen molar-refractivity contribution >= 4 is 28.2 Å². The number of carbonyl (C=O) groups is 1. The van der Waals surface area contributed by atoms with Crippen molar-refractivity contribution in [2.24, 2.45) is 5.92 Å². The average Bonchev–Trinajstić information content (AvgIpc) is 3.39. The summed E-state index contributed by atoms with van der Waals surface area (Å²) < 4.78 is 65.1. The molecule has 176 valence electrons. The third-order valence-electron chi connectivity index (χ3n) is 5.37. The number of alkyl halides is 5. The van der Waals surface area contributed by atoms with Gasteiger partial charge in [0.25, 0.3) is 0 Å². The summed E-state index contributed by atoms with van der Waals surface area (Å²) in [6, 6.07) is 2.31. The van der Waals surface area contributed by atoms with E-state index < -0.39 is 18.3 Å². The molecule has 13 heteroatoms. The number of carbonyl (C=O) groups excluding carboxylic acids is 1. The van der Waals surface area contributed by atoms with E-state index in [1.54, 1.807) is 6.92 Å². The smallest absolute Gasteiger partial charge is 0.357 e. The highest BCUT2D eigenvalue weighted by Crippen LogP contribution is 2.34. The molecule has 0 bridgehead atoms. The van der Waals surface area contributed by atoms with Crippen molar-refractivity contribution in [3.8, 4) is 10.7 Å². The fourth-order valence-electron chi connectivity index (χ4n) is 3.62. The van der Waals surface area contributed by atoms with Crippen molar-refractivity contribution in [2.45, 2.75) is 32.5 Å². The minimum atomic E-state index is -4.44. The van der Waals surface area contributed by atoms with E-state index in [9.17, 15) is 26.7 Å². The van der Waals surface area contributed by atoms with Gasteiger partial charge in [-0.3, -0.25) is 9.36 Å². The van der Waals surface area contributed by atoms with Gasteiger partial charge in [-0.15, -0.1) is 0 Å². The molecule has 0 atom stereocenters. The molecule has 0 spiro atoms. The Balaban J connectivity index is 1.37. The van der Waals surface area contributed by atoms with Crippen molar-refractivity contribution in [1.82, 2.24) is 19.5 Å². The van der Waals surface area contributed by atoms with Crippen LogP contribution in [0.2, 0.25) is 0 Å². The summed E-state index contributed by atoms with van der Waals surface area (Å²) in [5.74, 6) is -0.0478. The van der Waals surface area contributed by atoms with E-state index in [-0.39, 0.29) is 17.6 Å². The molecule has 4 heterocycles. The highest BCUT2D eigenvalue weighted by Gasteiger charge is 2.31. The van der Waals surface area contributed by atoms with E-state index in [2.05, 4.69) is 20.3 Å². The maximum atomic E-state index is 13.1. The highest BCUT2D eigenvalue weighted by atomic mass is 32.1. The molecule has 1 fully saturated rings. The first kappa shape index (κ1) is 23.1. The number of hydrogen-bond donors (Lipinski definition) is 1. The largest absolute Gasteiger partial charge is 0.417 e. The van der Waals surface area contributed by atoms with Gasteiger partial charge in [0.05, 0.1) is 16.1 Å². The molecule has 33 heavy (non-hydrogen) atoms. The Kier molecular flexibility index (Phi) is 6.32. The normalized spacial score (nSPS) is 15.3. The van der Waals surface area contributed by atoms with Crippen LogP contribution in [0.1, 0.15) is 30.6 Å². The van der Waals surface area contributed by atoms with Crippen LogP contribution in [0.25, 0.3) is 10.7 Å². The molecule has 1 saturated heterocycles. The molecule has 1 N–H and O–H groups in total. The molecule has 1 amide bonds.